The maximum Gasteiger partial charge on any atom is 0.410 e. The highest BCUT2D eigenvalue weighted by Gasteiger charge is 2.41. The molecule has 43 heavy (non-hydrogen) atoms. The molecule has 238 valence electrons. The molecule has 3 aliphatic rings. The molecule has 0 bridgehead atoms. The second kappa shape index (κ2) is 14.5. The lowest BCUT2D eigenvalue weighted by molar-refractivity contribution is -0.458. The number of amides is 3. The topological polar surface area (TPSA) is 117 Å². The second-order valence-corrected chi connectivity index (χ2v) is 13.6. The summed E-state index contributed by atoms with van der Waals surface area (Å²) in [5, 5.41) is 2.98. The minimum atomic E-state index is -0.610. The van der Waals surface area contributed by atoms with E-state index in [2.05, 4.69) is 22.2 Å². The molecule has 3 amide bonds. The van der Waals surface area contributed by atoms with E-state index in [0.717, 1.165) is 69.3 Å². The van der Waals surface area contributed by atoms with Crippen LogP contribution in [0.5, 0.6) is 0 Å². The maximum absolute atomic E-state index is 12.7. The molecule has 4 heterocycles. The Balaban J connectivity index is 1.29. The average molecular weight is 600 g/mol. The van der Waals surface area contributed by atoms with E-state index in [-0.39, 0.29) is 24.1 Å². The second-order valence-electron chi connectivity index (χ2n) is 13.6. The zero-order valence-corrected chi connectivity index (χ0v) is 26.9. The van der Waals surface area contributed by atoms with Gasteiger partial charge in [0, 0.05) is 31.9 Å². The van der Waals surface area contributed by atoms with Crippen molar-refractivity contribution >= 4 is 29.8 Å². The number of nitrogens with zero attached hydrogens (tertiary/aromatic N) is 5. The highest BCUT2D eigenvalue weighted by molar-refractivity contribution is 5.97. The van der Waals surface area contributed by atoms with E-state index < -0.39 is 11.7 Å². The Hall–Kier alpha value is -3.24. The van der Waals surface area contributed by atoms with Gasteiger partial charge in [0.1, 0.15) is 18.2 Å². The van der Waals surface area contributed by atoms with Crippen LogP contribution in [-0.4, -0.2) is 93.7 Å². The van der Waals surface area contributed by atoms with Crippen LogP contribution in [0, 0.1) is 11.8 Å². The number of ether oxygens (including phenoxy) is 2. The van der Waals surface area contributed by atoms with E-state index in [4.69, 9.17) is 9.47 Å². The lowest BCUT2D eigenvalue weighted by Crippen LogP contribution is -2.47. The Kier molecular flexibility index (Phi) is 11.0. The zero-order chi connectivity index (χ0) is 31.1. The molecule has 3 fully saturated rings. The number of rotatable bonds is 8. The van der Waals surface area contributed by atoms with Crippen molar-refractivity contribution in [3.8, 4) is 0 Å². The van der Waals surface area contributed by atoms with Gasteiger partial charge in [0.15, 0.2) is 6.54 Å². The molecule has 11 nitrogen and oxygen atoms in total. The third kappa shape index (κ3) is 9.37. The van der Waals surface area contributed by atoms with Gasteiger partial charge >= 0.3 is 18.1 Å². The first-order valence-corrected chi connectivity index (χ1v) is 16.1. The molecule has 0 radical (unpaired) electrons. The van der Waals surface area contributed by atoms with Crippen molar-refractivity contribution in [2.75, 3.05) is 37.6 Å². The minimum Gasteiger partial charge on any atom is -0.447 e. The fourth-order valence-electron chi connectivity index (χ4n) is 6.24. The predicted molar refractivity (Wildman–Crippen MR) is 164 cm³/mol. The summed E-state index contributed by atoms with van der Waals surface area (Å²) in [4.78, 5) is 50.7. The number of nitrogens with one attached hydrogen (secondary N) is 1. The van der Waals surface area contributed by atoms with Crippen LogP contribution < -0.4 is 10.2 Å². The quantitative estimate of drug-likeness (QED) is 0.432. The number of anilines is 1. The number of carbonyl (C=O) groups is 3. The van der Waals surface area contributed by atoms with E-state index in [1.165, 1.54) is 0 Å². The highest BCUT2D eigenvalue weighted by atomic mass is 16.6. The molecule has 2 atom stereocenters. The summed E-state index contributed by atoms with van der Waals surface area (Å²) in [5.41, 5.74) is 1.36. The minimum absolute atomic E-state index is 0.0864. The van der Waals surface area contributed by atoms with Crippen LogP contribution in [-0.2, 0) is 20.7 Å². The zero-order valence-electron chi connectivity index (χ0n) is 26.9. The number of likely N-dealkylation sites (tertiary alicyclic amines) is 1. The van der Waals surface area contributed by atoms with Gasteiger partial charge in [-0.2, -0.15) is 4.58 Å². The van der Waals surface area contributed by atoms with Crippen LogP contribution in [0.2, 0.25) is 0 Å². The lowest BCUT2D eigenvalue weighted by Gasteiger charge is -2.34. The van der Waals surface area contributed by atoms with Gasteiger partial charge in [-0.3, -0.25) is 0 Å². The first-order chi connectivity index (χ1) is 20.4. The number of aryl methyl sites for hydroxylation is 1. The number of piperidine rings is 2. The Labute approximate surface area is 256 Å². The molecule has 1 N–H and O–H groups in total. The Morgan fingerprint density at radius 3 is 2.44 bits per heavy atom. The molecule has 3 aliphatic heterocycles. The van der Waals surface area contributed by atoms with Crippen molar-refractivity contribution < 1.29 is 28.4 Å². The smallest absolute Gasteiger partial charge is 0.410 e. The fourth-order valence-corrected chi connectivity index (χ4v) is 6.24. The third-order valence-electron chi connectivity index (χ3n) is 8.56. The van der Waals surface area contributed by atoms with Gasteiger partial charge in [0.2, 0.25) is 11.7 Å². The van der Waals surface area contributed by atoms with E-state index in [1.807, 2.05) is 61.4 Å². The van der Waals surface area contributed by atoms with Crippen LogP contribution >= 0.6 is 0 Å². The highest BCUT2D eigenvalue weighted by Crippen LogP contribution is 2.29. The fraction of sp³-hybridized carbons (Fsp3) is 0.750. The normalized spacial score (nSPS) is 22.6. The van der Waals surface area contributed by atoms with Crippen LogP contribution in [0.25, 0.3) is 0 Å². The molecule has 1 aromatic heterocycles. The SMILES string of the molecule is CC(C)OC(=O)N1CCC(C(C)CCCc2cnc(N3CC(=[N+]4CCCCC4=O)C(NC(=O)OC(C)(C)C)C3)nc2)CC1. The summed E-state index contributed by atoms with van der Waals surface area (Å²) in [6, 6.07) is -0.352. The monoisotopic (exact) mass is 599 g/mol. The van der Waals surface area contributed by atoms with E-state index >= 15 is 0 Å². The van der Waals surface area contributed by atoms with Gasteiger partial charge < -0.3 is 24.6 Å². The Morgan fingerprint density at radius 2 is 1.81 bits per heavy atom. The van der Waals surface area contributed by atoms with Crippen molar-refractivity contribution in [2.24, 2.45) is 11.8 Å². The van der Waals surface area contributed by atoms with E-state index in [0.29, 0.717) is 43.8 Å². The lowest BCUT2D eigenvalue weighted by atomic mass is 9.82. The van der Waals surface area contributed by atoms with E-state index in [1.54, 1.807) is 0 Å². The molecular formula is C32H51N6O5+. The summed E-state index contributed by atoms with van der Waals surface area (Å²) in [6.45, 7) is 14.7. The van der Waals surface area contributed by atoms with Crippen molar-refractivity contribution in [1.29, 1.82) is 0 Å². The van der Waals surface area contributed by atoms with Crippen molar-refractivity contribution in [3.63, 3.8) is 0 Å². The van der Waals surface area contributed by atoms with Crippen LogP contribution in [0.1, 0.15) is 92.1 Å². The molecule has 3 saturated heterocycles. The molecule has 0 aromatic carbocycles. The molecule has 0 spiro atoms. The molecule has 0 aliphatic carbocycles. The molecule has 0 saturated carbocycles. The molecule has 2 unspecified atom stereocenters. The largest absolute Gasteiger partial charge is 0.447 e. The van der Waals surface area contributed by atoms with Gasteiger partial charge in [-0.05, 0) is 84.1 Å². The van der Waals surface area contributed by atoms with Gasteiger partial charge in [-0.15, -0.1) is 0 Å². The number of hydrogen-bond acceptors (Lipinski definition) is 8. The van der Waals surface area contributed by atoms with Crippen molar-refractivity contribution in [1.82, 2.24) is 20.2 Å². The van der Waals surface area contributed by atoms with Gasteiger partial charge in [0.25, 0.3) is 0 Å². The average Bonchev–Trinajstić information content (AvgIpc) is 3.35. The summed E-state index contributed by atoms with van der Waals surface area (Å²) in [7, 11) is 0. The predicted octanol–water partition coefficient (Wildman–Crippen LogP) is 4.57. The van der Waals surface area contributed by atoms with Gasteiger partial charge in [-0.25, -0.2) is 24.4 Å². The Bertz CT molecular complexity index is 1150. The van der Waals surface area contributed by atoms with Crippen LogP contribution in [0.3, 0.4) is 0 Å². The molecule has 4 rings (SSSR count). The summed E-state index contributed by atoms with van der Waals surface area (Å²) >= 11 is 0. The van der Waals surface area contributed by atoms with Crippen LogP contribution in [0.15, 0.2) is 12.4 Å². The number of aromatic nitrogens is 2. The van der Waals surface area contributed by atoms with Crippen molar-refractivity contribution in [2.45, 2.75) is 111 Å². The van der Waals surface area contributed by atoms with Crippen LogP contribution in [0.4, 0.5) is 15.5 Å². The van der Waals surface area contributed by atoms with Crippen molar-refractivity contribution in [3.05, 3.63) is 18.0 Å². The first kappa shape index (κ1) is 32.7. The molecule has 11 heteroatoms. The standard InChI is InChI=1S/C32H50N6O5/c1-22(2)42-31(41)36-16-13-25(14-17-36)23(3)10-9-11-24-18-33-29(34-19-24)37-20-26(35-30(40)43-32(4,5)6)27(21-37)38-15-8-7-12-28(38)39/h18-19,22-23,25-26H,7-17,20-21H2,1-6H3/p+1. The summed E-state index contributed by atoms with van der Waals surface area (Å²) in [5.74, 6) is 1.91. The Morgan fingerprint density at radius 1 is 1.12 bits per heavy atom. The maximum atomic E-state index is 12.7. The van der Waals surface area contributed by atoms with Gasteiger partial charge in [0.05, 0.1) is 19.1 Å². The number of alkyl carbamates (subject to hydrolysis) is 1. The summed E-state index contributed by atoms with van der Waals surface area (Å²) < 4.78 is 12.7. The van der Waals surface area contributed by atoms with Gasteiger partial charge in [-0.1, -0.05) is 13.3 Å². The van der Waals surface area contributed by atoms with E-state index in [9.17, 15) is 14.4 Å². The first-order valence-electron chi connectivity index (χ1n) is 16.1. The summed E-state index contributed by atoms with van der Waals surface area (Å²) in [6.07, 6.45) is 10.5. The number of carbonyl (C=O) groups excluding carboxylic acids is 3. The third-order valence-corrected chi connectivity index (χ3v) is 8.56. The molecule has 1 aromatic rings. The molecular weight excluding hydrogens is 548 g/mol. The number of hydrogen-bond donors (Lipinski definition) is 1.